The third-order valence-corrected chi connectivity index (χ3v) is 9.26. The normalized spacial score (nSPS) is 22.8. The molecule has 3 saturated carbocycles. The number of aliphatic hydroxyl groups is 2. The van der Waals surface area contributed by atoms with Crippen molar-refractivity contribution in [3.8, 4) is 0 Å². The smallest absolute Gasteiger partial charge is 0.238 e. The molecule has 2 atom stereocenters. The summed E-state index contributed by atoms with van der Waals surface area (Å²) in [5.41, 5.74) is 4.45. The number of primary amides is 1. The zero-order chi connectivity index (χ0) is 26.1. The molecular weight excluding hydrogens is 464 g/mol. The Kier molecular flexibility index (Phi) is 7.16. The summed E-state index contributed by atoms with van der Waals surface area (Å²) in [4.78, 5) is 28.9. The Morgan fingerprint density at radius 2 is 1.08 bits per heavy atom. The van der Waals surface area contributed by atoms with Crippen LogP contribution in [0.3, 0.4) is 0 Å². The molecule has 198 valence electrons. The van der Waals surface area contributed by atoms with Crippen LogP contribution in [-0.4, -0.2) is 50.2 Å². The third kappa shape index (κ3) is 5.06. The van der Waals surface area contributed by atoms with E-state index in [2.05, 4.69) is 0 Å². The molecule has 37 heavy (non-hydrogen) atoms. The van der Waals surface area contributed by atoms with Crippen LogP contribution in [0.4, 0.5) is 0 Å². The molecular formula is C31H40N2O4. The van der Waals surface area contributed by atoms with Crippen molar-refractivity contribution >= 4 is 11.8 Å². The van der Waals surface area contributed by atoms with Crippen molar-refractivity contribution in [2.24, 2.45) is 11.1 Å². The fourth-order valence-corrected chi connectivity index (χ4v) is 6.85. The molecule has 2 aromatic rings. The SMILES string of the molecule is NC(=O)C1(C(=O)N([C@H](Cc2ccccc2)C2(O)CCCC2)[C@H](Cc2ccccc2)C2(O)CCCC2)CC1. The summed E-state index contributed by atoms with van der Waals surface area (Å²) < 4.78 is 0. The number of carbonyl (C=O) groups excluding carboxylic acids is 2. The zero-order valence-electron chi connectivity index (χ0n) is 21.6. The van der Waals surface area contributed by atoms with Gasteiger partial charge in [0, 0.05) is 0 Å². The van der Waals surface area contributed by atoms with Gasteiger partial charge in [0.15, 0.2) is 0 Å². The van der Waals surface area contributed by atoms with E-state index in [0.717, 1.165) is 36.8 Å². The van der Waals surface area contributed by atoms with E-state index in [9.17, 15) is 19.8 Å². The highest BCUT2D eigenvalue weighted by Gasteiger charge is 2.62. The highest BCUT2D eigenvalue weighted by molar-refractivity contribution is 6.07. The summed E-state index contributed by atoms with van der Waals surface area (Å²) in [5.74, 6) is -0.918. The minimum absolute atomic E-state index is 0.317. The fraction of sp³-hybridized carbons (Fsp3) is 0.548. The second-order valence-electron chi connectivity index (χ2n) is 11.7. The van der Waals surface area contributed by atoms with Crippen molar-refractivity contribution in [1.29, 1.82) is 0 Å². The first-order valence-corrected chi connectivity index (χ1v) is 13.9. The van der Waals surface area contributed by atoms with Crippen LogP contribution in [0.15, 0.2) is 60.7 Å². The fourth-order valence-electron chi connectivity index (χ4n) is 6.85. The monoisotopic (exact) mass is 504 g/mol. The molecule has 2 amide bonds. The Balaban J connectivity index is 1.65. The van der Waals surface area contributed by atoms with Crippen LogP contribution in [-0.2, 0) is 22.4 Å². The van der Waals surface area contributed by atoms with Crippen molar-refractivity contribution in [1.82, 2.24) is 4.90 Å². The minimum Gasteiger partial charge on any atom is -0.388 e. The standard InChI is InChI=1S/C31H40N2O4/c32-27(34)29(19-20-29)28(35)33(25(30(36)15-7-8-16-30)21-23-11-3-1-4-12-23)26(31(37)17-9-10-18-31)22-24-13-5-2-6-14-24/h1-6,11-14,25-26,36-37H,7-10,15-22H2,(H2,32,34)/t25-,26-/m1/s1. The number of nitrogens with two attached hydrogens (primary N) is 1. The lowest BCUT2D eigenvalue weighted by atomic mass is 9.79. The molecule has 0 unspecified atom stereocenters. The molecule has 3 fully saturated rings. The molecule has 2 aromatic carbocycles. The van der Waals surface area contributed by atoms with Crippen LogP contribution in [0, 0.1) is 5.41 Å². The Labute approximate surface area is 219 Å². The average molecular weight is 505 g/mol. The maximum atomic E-state index is 14.5. The molecule has 0 radical (unpaired) electrons. The van der Waals surface area contributed by atoms with Crippen molar-refractivity contribution in [3.05, 3.63) is 71.8 Å². The van der Waals surface area contributed by atoms with Gasteiger partial charge in [-0.25, -0.2) is 0 Å². The predicted octanol–water partition coefficient (Wildman–Crippen LogP) is 3.91. The van der Waals surface area contributed by atoms with E-state index in [1.54, 1.807) is 4.90 Å². The number of nitrogens with zero attached hydrogens (tertiary/aromatic N) is 1. The van der Waals surface area contributed by atoms with Gasteiger partial charge in [-0.15, -0.1) is 0 Å². The molecule has 0 spiro atoms. The molecule has 0 heterocycles. The average Bonchev–Trinajstić information content (AvgIpc) is 3.42. The lowest BCUT2D eigenvalue weighted by Crippen LogP contribution is -2.66. The van der Waals surface area contributed by atoms with Crippen LogP contribution < -0.4 is 5.73 Å². The van der Waals surface area contributed by atoms with Crippen LogP contribution in [0.25, 0.3) is 0 Å². The van der Waals surface area contributed by atoms with Gasteiger partial charge < -0.3 is 20.8 Å². The summed E-state index contributed by atoms with van der Waals surface area (Å²) in [5, 5.41) is 24.2. The van der Waals surface area contributed by atoms with Gasteiger partial charge >= 0.3 is 0 Å². The first kappa shape index (κ1) is 25.9. The number of carbonyl (C=O) groups is 2. The molecule has 0 saturated heterocycles. The molecule has 6 heteroatoms. The van der Waals surface area contributed by atoms with E-state index in [0.29, 0.717) is 51.4 Å². The topological polar surface area (TPSA) is 104 Å². The lowest BCUT2D eigenvalue weighted by Gasteiger charge is -2.50. The summed E-state index contributed by atoms with van der Waals surface area (Å²) in [6.45, 7) is 0. The van der Waals surface area contributed by atoms with E-state index < -0.39 is 34.6 Å². The van der Waals surface area contributed by atoms with Crippen LogP contribution in [0.1, 0.15) is 75.3 Å². The summed E-state index contributed by atoms with van der Waals surface area (Å²) in [6, 6.07) is 18.7. The maximum absolute atomic E-state index is 14.5. The third-order valence-electron chi connectivity index (χ3n) is 9.26. The molecule has 0 aromatic heterocycles. The zero-order valence-corrected chi connectivity index (χ0v) is 21.6. The van der Waals surface area contributed by atoms with Crippen molar-refractivity contribution in [2.45, 2.75) is 100 Å². The number of hydrogen-bond donors (Lipinski definition) is 3. The lowest BCUT2D eigenvalue weighted by molar-refractivity contribution is -0.164. The number of hydrogen-bond acceptors (Lipinski definition) is 4. The van der Waals surface area contributed by atoms with Gasteiger partial charge in [-0.3, -0.25) is 9.59 Å². The van der Waals surface area contributed by atoms with Crippen molar-refractivity contribution in [2.75, 3.05) is 0 Å². The molecule has 5 rings (SSSR count). The molecule has 3 aliphatic rings. The predicted molar refractivity (Wildman–Crippen MR) is 142 cm³/mol. The summed E-state index contributed by atoms with van der Waals surface area (Å²) in [6.07, 6.45) is 7.67. The van der Waals surface area contributed by atoms with Gasteiger partial charge in [0.1, 0.15) is 5.41 Å². The van der Waals surface area contributed by atoms with Gasteiger partial charge in [0.05, 0.1) is 23.3 Å². The Hall–Kier alpha value is -2.70. The van der Waals surface area contributed by atoms with E-state index in [1.807, 2.05) is 60.7 Å². The quantitative estimate of drug-likeness (QED) is 0.427. The number of benzene rings is 2. The summed E-state index contributed by atoms with van der Waals surface area (Å²) in [7, 11) is 0. The second-order valence-corrected chi connectivity index (χ2v) is 11.7. The van der Waals surface area contributed by atoms with Gasteiger partial charge in [-0.2, -0.15) is 0 Å². The highest BCUT2D eigenvalue weighted by Crippen LogP contribution is 2.51. The summed E-state index contributed by atoms with van der Waals surface area (Å²) >= 11 is 0. The van der Waals surface area contributed by atoms with Crippen LogP contribution >= 0.6 is 0 Å². The minimum atomic E-state index is -1.24. The van der Waals surface area contributed by atoms with Gasteiger partial charge in [-0.05, 0) is 62.5 Å². The second kappa shape index (κ2) is 10.2. The van der Waals surface area contributed by atoms with E-state index in [-0.39, 0.29) is 5.91 Å². The first-order valence-electron chi connectivity index (χ1n) is 13.9. The van der Waals surface area contributed by atoms with Gasteiger partial charge in [0.25, 0.3) is 0 Å². The molecule has 0 aliphatic heterocycles. The molecule has 3 aliphatic carbocycles. The number of rotatable bonds is 10. The number of amides is 2. The van der Waals surface area contributed by atoms with Gasteiger partial charge in [0.2, 0.25) is 11.8 Å². The van der Waals surface area contributed by atoms with Crippen LogP contribution in [0.2, 0.25) is 0 Å². The molecule has 4 N–H and O–H groups in total. The van der Waals surface area contributed by atoms with Crippen molar-refractivity contribution in [3.63, 3.8) is 0 Å². The first-order chi connectivity index (χ1) is 17.8. The Morgan fingerprint density at radius 1 is 0.703 bits per heavy atom. The Morgan fingerprint density at radius 3 is 1.41 bits per heavy atom. The molecule has 6 nitrogen and oxygen atoms in total. The maximum Gasteiger partial charge on any atom is 0.238 e. The van der Waals surface area contributed by atoms with E-state index >= 15 is 0 Å². The Bertz CT molecular complexity index is 1020. The molecule has 0 bridgehead atoms. The van der Waals surface area contributed by atoms with Gasteiger partial charge in [-0.1, -0.05) is 86.3 Å². The highest BCUT2D eigenvalue weighted by atomic mass is 16.3. The van der Waals surface area contributed by atoms with E-state index in [1.165, 1.54) is 0 Å². The van der Waals surface area contributed by atoms with Crippen LogP contribution in [0.5, 0.6) is 0 Å². The van der Waals surface area contributed by atoms with Crippen molar-refractivity contribution < 1.29 is 19.8 Å². The van der Waals surface area contributed by atoms with E-state index in [4.69, 9.17) is 5.73 Å². The largest absolute Gasteiger partial charge is 0.388 e.